The summed E-state index contributed by atoms with van der Waals surface area (Å²) in [5.41, 5.74) is -0.297. The third kappa shape index (κ3) is 4.03. The first kappa shape index (κ1) is 15.1. The lowest BCUT2D eigenvalue weighted by molar-refractivity contribution is -0.121. The molecule has 0 saturated heterocycles. The quantitative estimate of drug-likeness (QED) is 0.778. The number of anilines is 2. The van der Waals surface area contributed by atoms with Crippen LogP contribution in [0.4, 0.5) is 15.8 Å². The van der Waals surface area contributed by atoms with Crippen molar-refractivity contribution < 1.29 is 14.0 Å². The molecule has 0 saturated carbocycles. The Morgan fingerprint density at radius 2 is 1.84 bits per heavy atom. The molecule has 0 radical (unpaired) electrons. The first-order valence-corrected chi connectivity index (χ1v) is 5.84. The van der Waals surface area contributed by atoms with Crippen molar-refractivity contribution in [2.24, 2.45) is 0 Å². The van der Waals surface area contributed by atoms with Gasteiger partial charge in [-0.1, -0.05) is 0 Å². The van der Waals surface area contributed by atoms with E-state index in [4.69, 9.17) is 0 Å². The normalized spacial score (nSPS) is 11.0. The van der Waals surface area contributed by atoms with Crippen molar-refractivity contribution in [1.82, 2.24) is 5.32 Å². The SMILES string of the molecule is CNC(C)(C)C(=O)Nc1ccc(F)c(NC(C)=O)c1. The van der Waals surface area contributed by atoms with Gasteiger partial charge in [0.1, 0.15) is 5.82 Å². The van der Waals surface area contributed by atoms with E-state index < -0.39 is 11.4 Å². The Balaban J connectivity index is 2.91. The highest BCUT2D eigenvalue weighted by molar-refractivity contribution is 5.98. The molecule has 0 fully saturated rings. The van der Waals surface area contributed by atoms with Gasteiger partial charge in [-0.15, -0.1) is 0 Å². The van der Waals surface area contributed by atoms with Crippen molar-refractivity contribution in [1.29, 1.82) is 0 Å². The van der Waals surface area contributed by atoms with Crippen molar-refractivity contribution >= 4 is 23.2 Å². The fourth-order valence-electron chi connectivity index (χ4n) is 1.29. The van der Waals surface area contributed by atoms with Crippen LogP contribution in [-0.4, -0.2) is 24.4 Å². The summed E-state index contributed by atoms with van der Waals surface area (Å²) in [7, 11) is 1.67. The second-order valence-corrected chi connectivity index (χ2v) is 4.70. The lowest BCUT2D eigenvalue weighted by Gasteiger charge is -2.22. The molecule has 0 unspecified atom stereocenters. The summed E-state index contributed by atoms with van der Waals surface area (Å²) in [6.07, 6.45) is 0. The van der Waals surface area contributed by atoms with Crippen LogP contribution in [0.25, 0.3) is 0 Å². The van der Waals surface area contributed by atoms with Crippen LogP contribution in [-0.2, 0) is 9.59 Å². The van der Waals surface area contributed by atoms with E-state index in [9.17, 15) is 14.0 Å². The highest BCUT2D eigenvalue weighted by atomic mass is 19.1. The average Bonchev–Trinajstić information content (AvgIpc) is 2.32. The van der Waals surface area contributed by atoms with Gasteiger partial charge in [0.25, 0.3) is 0 Å². The Bertz CT molecular complexity index is 501. The Hall–Kier alpha value is -1.95. The van der Waals surface area contributed by atoms with Gasteiger partial charge in [-0.2, -0.15) is 0 Å². The molecular weight excluding hydrogens is 249 g/mol. The van der Waals surface area contributed by atoms with E-state index in [1.165, 1.54) is 25.1 Å². The van der Waals surface area contributed by atoms with Gasteiger partial charge >= 0.3 is 0 Å². The molecule has 0 aliphatic rings. The highest BCUT2D eigenvalue weighted by Crippen LogP contribution is 2.20. The summed E-state index contributed by atoms with van der Waals surface area (Å²) >= 11 is 0. The molecule has 1 rings (SSSR count). The lowest BCUT2D eigenvalue weighted by Crippen LogP contribution is -2.47. The molecule has 0 spiro atoms. The van der Waals surface area contributed by atoms with Gasteiger partial charge in [0, 0.05) is 12.6 Å². The predicted molar refractivity (Wildman–Crippen MR) is 72.5 cm³/mol. The maximum absolute atomic E-state index is 13.4. The minimum absolute atomic E-state index is 0.0348. The minimum atomic E-state index is -0.747. The van der Waals surface area contributed by atoms with Gasteiger partial charge < -0.3 is 16.0 Å². The molecule has 0 aromatic heterocycles. The van der Waals surface area contributed by atoms with Gasteiger partial charge in [0.05, 0.1) is 11.2 Å². The maximum atomic E-state index is 13.4. The van der Waals surface area contributed by atoms with E-state index in [0.29, 0.717) is 5.69 Å². The van der Waals surface area contributed by atoms with Crippen LogP contribution in [0.1, 0.15) is 20.8 Å². The Morgan fingerprint density at radius 3 is 2.37 bits per heavy atom. The van der Waals surface area contributed by atoms with Crippen LogP contribution in [0.5, 0.6) is 0 Å². The summed E-state index contributed by atoms with van der Waals surface area (Å²) < 4.78 is 13.4. The number of benzene rings is 1. The molecule has 0 aliphatic heterocycles. The molecule has 6 heteroatoms. The standard InChI is InChI=1S/C13H18FN3O2/c1-8(18)16-11-7-9(5-6-10(11)14)17-12(19)13(2,3)15-4/h5-7,15H,1-4H3,(H,16,18)(H,17,19). The van der Waals surface area contributed by atoms with Crippen LogP contribution >= 0.6 is 0 Å². The largest absolute Gasteiger partial charge is 0.324 e. The Labute approximate surface area is 111 Å². The molecule has 0 atom stereocenters. The van der Waals surface area contributed by atoms with Crippen molar-refractivity contribution in [3.63, 3.8) is 0 Å². The van der Waals surface area contributed by atoms with Crippen molar-refractivity contribution in [2.75, 3.05) is 17.7 Å². The van der Waals surface area contributed by atoms with Gasteiger partial charge in [0.2, 0.25) is 11.8 Å². The summed E-state index contributed by atoms with van der Waals surface area (Å²) in [6, 6.07) is 4.00. The first-order chi connectivity index (χ1) is 8.76. The second-order valence-electron chi connectivity index (χ2n) is 4.70. The van der Waals surface area contributed by atoms with Crippen LogP contribution in [0.15, 0.2) is 18.2 Å². The fourth-order valence-corrected chi connectivity index (χ4v) is 1.29. The zero-order chi connectivity index (χ0) is 14.6. The molecule has 2 amide bonds. The Kier molecular flexibility index (Phi) is 4.61. The monoisotopic (exact) mass is 267 g/mol. The third-order valence-electron chi connectivity index (χ3n) is 2.73. The number of rotatable bonds is 4. The van der Waals surface area contributed by atoms with Gasteiger partial charge in [-0.3, -0.25) is 9.59 Å². The van der Waals surface area contributed by atoms with Gasteiger partial charge in [-0.25, -0.2) is 4.39 Å². The van der Waals surface area contributed by atoms with Gasteiger partial charge in [0.15, 0.2) is 0 Å². The molecule has 3 N–H and O–H groups in total. The molecule has 5 nitrogen and oxygen atoms in total. The van der Waals surface area contributed by atoms with Crippen molar-refractivity contribution in [3.8, 4) is 0 Å². The predicted octanol–water partition coefficient (Wildman–Crippen LogP) is 1.72. The molecule has 0 heterocycles. The zero-order valence-corrected chi connectivity index (χ0v) is 11.4. The smallest absolute Gasteiger partial charge is 0.244 e. The van der Waals surface area contributed by atoms with Crippen molar-refractivity contribution in [2.45, 2.75) is 26.3 Å². The zero-order valence-electron chi connectivity index (χ0n) is 11.4. The molecule has 0 aliphatic carbocycles. The summed E-state index contributed by atoms with van der Waals surface area (Å²) in [5.74, 6) is -1.19. The number of hydrogen-bond acceptors (Lipinski definition) is 3. The molecule has 1 aromatic carbocycles. The van der Waals surface area contributed by atoms with Crippen LogP contribution in [0.2, 0.25) is 0 Å². The fraction of sp³-hybridized carbons (Fsp3) is 0.385. The number of halogens is 1. The minimum Gasteiger partial charge on any atom is -0.324 e. The second kappa shape index (κ2) is 5.79. The number of likely N-dealkylation sites (N-methyl/N-ethyl adjacent to an activating group) is 1. The van der Waals surface area contributed by atoms with Crippen LogP contribution in [0.3, 0.4) is 0 Å². The molecule has 19 heavy (non-hydrogen) atoms. The summed E-state index contributed by atoms with van der Waals surface area (Å²) in [6.45, 7) is 4.73. The van der Waals surface area contributed by atoms with E-state index in [2.05, 4.69) is 16.0 Å². The summed E-state index contributed by atoms with van der Waals surface area (Å²) in [5, 5.41) is 7.88. The Morgan fingerprint density at radius 1 is 1.21 bits per heavy atom. The van der Waals surface area contributed by atoms with Crippen LogP contribution in [0, 0.1) is 5.82 Å². The van der Waals surface area contributed by atoms with E-state index >= 15 is 0 Å². The molecule has 104 valence electrons. The lowest BCUT2D eigenvalue weighted by atomic mass is 10.1. The van der Waals surface area contributed by atoms with Gasteiger partial charge in [-0.05, 0) is 39.1 Å². The summed E-state index contributed by atoms with van der Waals surface area (Å²) in [4.78, 5) is 22.9. The van der Waals surface area contributed by atoms with Crippen molar-refractivity contribution in [3.05, 3.63) is 24.0 Å². The first-order valence-electron chi connectivity index (χ1n) is 5.84. The molecule has 1 aromatic rings. The number of carbonyl (C=O) groups excluding carboxylic acids is 2. The van der Waals surface area contributed by atoms with E-state index in [0.717, 1.165) is 0 Å². The number of nitrogens with one attached hydrogen (secondary N) is 3. The molecule has 0 bridgehead atoms. The molecular formula is C13H18FN3O2. The number of carbonyl (C=O) groups is 2. The van der Waals surface area contributed by atoms with Crippen LogP contribution < -0.4 is 16.0 Å². The topological polar surface area (TPSA) is 70.2 Å². The third-order valence-corrected chi connectivity index (χ3v) is 2.73. The van der Waals surface area contributed by atoms with E-state index in [1.54, 1.807) is 20.9 Å². The number of amides is 2. The maximum Gasteiger partial charge on any atom is 0.244 e. The number of hydrogen-bond donors (Lipinski definition) is 3. The average molecular weight is 267 g/mol. The highest BCUT2D eigenvalue weighted by Gasteiger charge is 2.25. The van der Waals surface area contributed by atoms with E-state index in [1.807, 2.05) is 0 Å². The van der Waals surface area contributed by atoms with E-state index in [-0.39, 0.29) is 17.5 Å².